The highest BCUT2D eigenvalue weighted by Gasteiger charge is 1.94. The van der Waals surface area contributed by atoms with E-state index in [0.717, 1.165) is 5.03 Å². The fraction of sp³-hybridized carbons (Fsp3) is 0.429. The van der Waals surface area contributed by atoms with Crippen LogP contribution in [0.1, 0.15) is 13.8 Å². The molecule has 0 aromatic carbocycles. The molecular weight excluding hydrogens is 158 g/mol. The van der Waals surface area contributed by atoms with Crippen molar-refractivity contribution in [1.82, 2.24) is 9.97 Å². The van der Waals surface area contributed by atoms with E-state index < -0.39 is 0 Å². The molecule has 1 aromatic heterocycles. The quantitative estimate of drug-likeness (QED) is 0.655. The Kier molecular flexibility index (Phi) is 5.56. The maximum Gasteiger partial charge on any atom is 0.156 e. The zero-order chi connectivity index (χ0) is 8.69. The van der Waals surface area contributed by atoms with Crippen LogP contribution in [0.15, 0.2) is 17.4 Å². The molecular formula is C7H13N3S. The van der Waals surface area contributed by atoms with Gasteiger partial charge >= 0.3 is 0 Å². The molecule has 1 rings (SSSR count). The summed E-state index contributed by atoms with van der Waals surface area (Å²) in [4.78, 5) is 7.82. The largest absolute Gasteiger partial charge is 0.381 e. The summed E-state index contributed by atoms with van der Waals surface area (Å²) in [6, 6.07) is 0. The number of rotatable bonds is 1. The summed E-state index contributed by atoms with van der Waals surface area (Å²) in [6.45, 7) is 4.00. The van der Waals surface area contributed by atoms with E-state index in [1.807, 2.05) is 20.1 Å². The monoisotopic (exact) mass is 171 g/mol. The van der Waals surface area contributed by atoms with Crippen molar-refractivity contribution in [3.8, 4) is 0 Å². The average Bonchev–Trinajstić information content (AvgIpc) is 2.09. The Bertz CT molecular complexity index is 203. The predicted octanol–water partition coefficient (Wildman–Crippen LogP) is 1.81. The van der Waals surface area contributed by atoms with Crippen LogP contribution in [0.25, 0.3) is 0 Å². The van der Waals surface area contributed by atoms with E-state index in [1.54, 1.807) is 12.4 Å². The van der Waals surface area contributed by atoms with Gasteiger partial charge in [0, 0.05) is 12.4 Å². The van der Waals surface area contributed by atoms with E-state index in [2.05, 4.69) is 9.97 Å². The Balaban J connectivity index is 0.000000461. The van der Waals surface area contributed by atoms with Crippen LogP contribution in [-0.2, 0) is 0 Å². The summed E-state index contributed by atoms with van der Waals surface area (Å²) in [6.07, 6.45) is 5.12. The fourth-order valence-corrected chi connectivity index (χ4v) is 0.921. The number of thioether (sulfide) groups is 1. The second-order valence-electron chi connectivity index (χ2n) is 1.45. The van der Waals surface area contributed by atoms with Crippen LogP contribution >= 0.6 is 11.8 Å². The standard InChI is InChI=1S/C5H7N3S.C2H6/c1-9-5-4(6)7-2-3-8-5;1-2/h2-3H,1H3,(H2,6,7);1-2H3. The smallest absolute Gasteiger partial charge is 0.156 e. The highest BCUT2D eigenvalue weighted by Crippen LogP contribution is 2.14. The lowest BCUT2D eigenvalue weighted by Gasteiger charge is -1.95. The molecule has 4 heteroatoms. The summed E-state index contributed by atoms with van der Waals surface area (Å²) < 4.78 is 0. The average molecular weight is 171 g/mol. The molecule has 0 atom stereocenters. The maximum atomic E-state index is 5.44. The van der Waals surface area contributed by atoms with Gasteiger partial charge in [0.2, 0.25) is 0 Å². The van der Waals surface area contributed by atoms with Crippen molar-refractivity contribution in [2.24, 2.45) is 0 Å². The molecule has 0 aliphatic heterocycles. The molecule has 0 saturated heterocycles. The highest BCUT2D eigenvalue weighted by atomic mass is 32.2. The summed E-state index contributed by atoms with van der Waals surface area (Å²) in [5, 5.41) is 0.789. The van der Waals surface area contributed by atoms with Gasteiger partial charge in [0.1, 0.15) is 5.03 Å². The van der Waals surface area contributed by atoms with Gasteiger partial charge < -0.3 is 5.73 Å². The Morgan fingerprint density at radius 3 is 2.18 bits per heavy atom. The SMILES string of the molecule is CC.CSc1nccnc1N. The van der Waals surface area contributed by atoms with Gasteiger partial charge in [0.15, 0.2) is 5.82 Å². The molecule has 3 nitrogen and oxygen atoms in total. The van der Waals surface area contributed by atoms with Gasteiger partial charge in [-0.2, -0.15) is 0 Å². The molecule has 0 radical (unpaired) electrons. The second kappa shape index (κ2) is 5.97. The van der Waals surface area contributed by atoms with Gasteiger partial charge in [0.25, 0.3) is 0 Å². The number of aromatic nitrogens is 2. The van der Waals surface area contributed by atoms with Crippen LogP contribution in [0.5, 0.6) is 0 Å². The van der Waals surface area contributed by atoms with E-state index in [4.69, 9.17) is 5.73 Å². The molecule has 0 saturated carbocycles. The van der Waals surface area contributed by atoms with Crippen LogP contribution in [0.2, 0.25) is 0 Å². The number of hydrogen-bond acceptors (Lipinski definition) is 4. The number of nitrogens with two attached hydrogens (primary N) is 1. The summed E-state index contributed by atoms with van der Waals surface area (Å²) in [7, 11) is 0. The zero-order valence-corrected chi connectivity index (χ0v) is 7.85. The van der Waals surface area contributed by atoms with Crippen molar-refractivity contribution >= 4 is 17.6 Å². The number of nitrogens with zero attached hydrogens (tertiary/aromatic N) is 2. The molecule has 1 heterocycles. The normalized spacial score (nSPS) is 8.27. The molecule has 0 unspecified atom stereocenters. The van der Waals surface area contributed by atoms with Gasteiger partial charge in [0.05, 0.1) is 0 Å². The Hall–Kier alpha value is -0.770. The first-order chi connectivity index (χ1) is 5.34. The molecule has 62 valence electrons. The minimum Gasteiger partial charge on any atom is -0.381 e. The lowest BCUT2D eigenvalue weighted by atomic mass is 10.7. The summed E-state index contributed by atoms with van der Waals surface area (Å²) in [5.41, 5.74) is 5.44. The Morgan fingerprint density at radius 1 is 1.27 bits per heavy atom. The first-order valence-corrected chi connectivity index (χ1v) is 4.67. The van der Waals surface area contributed by atoms with Gasteiger partial charge in [-0.15, -0.1) is 11.8 Å². The fourth-order valence-electron chi connectivity index (χ4n) is 0.493. The molecule has 0 spiro atoms. The van der Waals surface area contributed by atoms with Crippen LogP contribution < -0.4 is 5.73 Å². The number of anilines is 1. The third-order valence-corrected chi connectivity index (χ3v) is 1.59. The van der Waals surface area contributed by atoms with Crippen molar-refractivity contribution in [3.05, 3.63) is 12.4 Å². The van der Waals surface area contributed by atoms with Crippen LogP contribution in [-0.4, -0.2) is 16.2 Å². The highest BCUT2D eigenvalue weighted by molar-refractivity contribution is 7.98. The molecule has 0 amide bonds. The zero-order valence-electron chi connectivity index (χ0n) is 7.03. The van der Waals surface area contributed by atoms with Gasteiger partial charge in [-0.25, -0.2) is 9.97 Å². The van der Waals surface area contributed by atoms with Gasteiger partial charge in [-0.1, -0.05) is 13.8 Å². The molecule has 0 fully saturated rings. The summed E-state index contributed by atoms with van der Waals surface area (Å²) >= 11 is 1.50. The minimum absolute atomic E-state index is 0.505. The van der Waals surface area contributed by atoms with E-state index in [0.29, 0.717) is 5.82 Å². The van der Waals surface area contributed by atoms with E-state index in [9.17, 15) is 0 Å². The van der Waals surface area contributed by atoms with Crippen LogP contribution in [0.4, 0.5) is 5.82 Å². The summed E-state index contributed by atoms with van der Waals surface area (Å²) in [5.74, 6) is 0.505. The third kappa shape index (κ3) is 3.23. The molecule has 1 aromatic rings. The van der Waals surface area contributed by atoms with E-state index in [1.165, 1.54) is 11.8 Å². The predicted molar refractivity (Wildman–Crippen MR) is 49.6 cm³/mol. The number of nitrogen functional groups attached to an aromatic ring is 1. The van der Waals surface area contributed by atoms with E-state index in [-0.39, 0.29) is 0 Å². The van der Waals surface area contributed by atoms with Crippen molar-refractivity contribution in [1.29, 1.82) is 0 Å². The van der Waals surface area contributed by atoms with Crippen molar-refractivity contribution in [3.63, 3.8) is 0 Å². The molecule has 2 N–H and O–H groups in total. The molecule has 0 aliphatic rings. The first kappa shape index (κ1) is 10.2. The maximum absolute atomic E-state index is 5.44. The lowest BCUT2D eigenvalue weighted by molar-refractivity contribution is 1.07. The van der Waals surface area contributed by atoms with Crippen molar-refractivity contribution < 1.29 is 0 Å². The lowest BCUT2D eigenvalue weighted by Crippen LogP contribution is -1.93. The Morgan fingerprint density at radius 2 is 1.82 bits per heavy atom. The van der Waals surface area contributed by atoms with Crippen LogP contribution in [0, 0.1) is 0 Å². The van der Waals surface area contributed by atoms with E-state index >= 15 is 0 Å². The Labute approximate surface area is 71.4 Å². The third-order valence-electron chi connectivity index (χ3n) is 0.885. The second-order valence-corrected chi connectivity index (χ2v) is 2.25. The van der Waals surface area contributed by atoms with Gasteiger partial charge in [-0.3, -0.25) is 0 Å². The van der Waals surface area contributed by atoms with Crippen LogP contribution in [0.3, 0.4) is 0 Å². The van der Waals surface area contributed by atoms with Crippen molar-refractivity contribution in [2.75, 3.05) is 12.0 Å². The van der Waals surface area contributed by atoms with Crippen molar-refractivity contribution in [2.45, 2.75) is 18.9 Å². The molecule has 0 aliphatic carbocycles. The molecule has 11 heavy (non-hydrogen) atoms. The minimum atomic E-state index is 0.505. The first-order valence-electron chi connectivity index (χ1n) is 3.45. The topological polar surface area (TPSA) is 51.8 Å². The molecule has 0 bridgehead atoms. The van der Waals surface area contributed by atoms with Gasteiger partial charge in [-0.05, 0) is 6.26 Å². The number of hydrogen-bond donors (Lipinski definition) is 1.